The predicted molar refractivity (Wildman–Crippen MR) is 79.5 cm³/mol. The van der Waals surface area contributed by atoms with Crippen molar-refractivity contribution in [2.75, 3.05) is 18.0 Å². The number of nitrogens with one attached hydrogen (secondary N) is 1. The van der Waals surface area contributed by atoms with Crippen LogP contribution in [0, 0.1) is 5.92 Å². The van der Waals surface area contributed by atoms with E-state index in [0.29, 0.717) is 18.0 Å². The Morgan fingerprint density at radius 1 is 1.39 bits per heavy atom. The highest BCUT2D eigenvalue weighted by Gasteiger charge is 2.27. The largest absolute Gasteiger partial charge is 0.366 e. The van der Waals surface area contributed by atoms with Gasteiger partial charge in [-0.2, -0.15) is 0 Å². The molecular formula is C15H23ClN2. The second-order valence-corrected chi connectivity index (χ2v) is 5.81. The van der Waals surface area contributed by atoms with Gasteiger partial charge in [0.25, 0.3) is 0 Å². The lowest BCUT2D eigenvalue weighted by atomic mass is 9.95. The Kier molecular flexibility index (Phi) is 4.52. The molecule has 0 radical (unpaired) electrons. The molecule has 1 aliphatic rings. The molecule has 0 aliphatic carbocycles. The summed E-state index contributed by atoms with van der Waals surface area (Å²) in [7, 11) is 0. The smallest absolute Gasteiger partial charge is 0.0407 e. The lowest BCUT2D eigenvalue weighted by Gasteiger charge is -2.42. The van der Waals surface area contributed by atoms with Gasteiger partial charge < -0.3 is 10.2 Å². The van der Waals surface area contributed by atoms with Gasteiger partial charge in [0.2, 0.25) is 0 Å². The molecule has 1 fully saturated rings. The topological polar surface area (TPSA) is 15.3 Å². The predicted octanol–water partition coefficient (Wildman–Crippen LogP) is 3.55. The summed E-state index contributed by atoms with van der Waals surface area (Å²) in [6.07, 6.45) is 1.22. The van der Waals surface area contributed by atoms with Crippen LogP contribution in [0.5, 0.6) is 0 Å². The lowest BCUT2D eigenvalue weighted by Crippen LogP contribution is -2.57. The van der Waals surface area contributed by atoms with Crippen LogP contribution in [0.4, 0.5) is 5.69 Å². The molecule has 2 rings (SSSR count). The first kappa shape index (κ1) is 13.7. The number of piperazine rings is 1. The van der Waals surface area contributed by atoms with Crippen LogP contribution in [-0.4, -0.2) is 25.2 Å². The Morgan fingerprint density at radius 3 is 2.67 bits per heavy atom. The van der Waals surface area contributed by atoms with Gasteiger partial charge in [0.15, 0.2) is 0 Å². The summed E-state index contributed by atoms with van der Waals surface area (Å²) in [5.41, 5.74) is 1.28. The van der Waals surface area contributed by atoms with Crippen LogP contribution in [0.3, 0.4) is 0 Å². The van der Waals surface area contributed by atoms with Gasteiger partial charge in [0.05, 0.1) is 0 Å². The van der Waals surface area contributed by atoms with Crippen molar-refractivity contribution >= 4 is 17.3 Å². The maximum Gasteiger partial charge on any atom is 0.0407 e. The minimum Gasteiger partial charge on any atom is -0.366 e. The number of hydrogen-bond acceptors (Lipinski definition) is 2. The molecule has 0 saturated carbocycles. The van der Waals surface area contributed by atoms with E-state index in [9.17, 15) is 0 Å². The van der Waals surface area contributed by atoms with Crippen LogP contribution >= 0.6 is 11.6 Å². The fraction of sp³-hybridized carbons (Fsp3) is 0.600. The summed E-state index contributed by atoms with van der Waals surface area (Å²) in [5, 5.41) is 4.47. The van der Waals surface area contributed by atoms with Crippen LogP contribution < -0.4 is 10.2 Å². The van der Waals surface area contributed by atoms with Gasteiger partial charge in [-0.3, -0.25) is 0 Å². The molecule has 2 nitrogen and oxygen atoms in total. The van der Waals surface area contributed by atoms with E-state index in [4.69, 9.17) is 11.6 Å². The molecule has 1 heterocycles. The first-order valence-electron chi connectivity index (χ1n) is 6.87. The van der Waals surface area contributed by atoms with E-state index in [1.807, 2.05) is 12.1 Å². The second kappa shape index (κ2) is 5.94. The number of halogens is 1. The Bertz CT molecular complexity index is 377. The SMILES string of the molecule is CCC(C)C1CN(c2ccc(Cl)cc2)C(C)CN1. The molecule has 3 atom stereocenters. The van der Waals surface area contributed by atoms with Crippen LogP contribution in [0.25, 0.3) is 0 Å². The lowest BCUT2D eigenvalue weighted by molar-refractivity contribution is 0.316. The number of rotatable bonds is 3. The normalized spacial score (nSPS) is 26.1. The maximum atomic E-state index is 5.96. The van der Waals surface area contributed by atoms with Crippen LogP contribution in [0.1, 0.15) is 27.2 Å². The van der Waals surface area contributed by atoms with Crippen molar-refractivity contribution < 1.29 is 0 Å². The van der Waals surface area contributed by atoms with Gasteiger partial charge in [-0.15, -0.1) is 0 Å². The highest BCUT2D eigenvalue weighted by Crippen LogP contribution is 2.24. The summed E-state index contributed by atoms with van der Waals surface area (Å²) in [4.78, 5) is 2.49. The molecule has 3 unspecified atom stereocenters. The van der Waals surface area contributed by atoms with Crippen molar-refractivity contribution in [2.24, 2.45) is 5.92 Å². The fourth-order valence-electron chi connectivity index (χ4n) is 2.55. The monoisotopic (exact) mass is 266 g/mol. The molecule has 100 valence electrons. The van der Waals surface area contributed by atoms with Crippen LogP contribution in [0.15, 0.2) is 24.3 Å². The van der Waals surface area contributed by atoms with E-state index in [0.717, 1.165) is 18.1 Å². The van der Waals surface area contributed by atoms with Gasteiger partial charge in [-0.1, -0.05) is 31.9 Å². The van der Waals surface area contributed by atoms with Gasteiger partial charge >= 0.3 is 0 Å². The zero-order valence-electron chi connectivity index (χ0n) is 11.5. The first-order valence-corrected chi connectivity index (χ1v) is 7.25. The molecule has 0 aromatic heterocycles. The zero-order chi connectivity index (χ0) is 13.1. The average Bonchev–Trinajstić information content (AvgIpc) is 2.39. The second-order valence-electron chi connectivity index (χ2n) is 5.38. The van der Waals surface area contributed by atoms with Crippen molar-refractivity contribution in [1.29, 1.82) is 0 Å². The average molecular weight is 267 g/mol. The summed E-state index contributed by atoms with van der Waals surface area (Å²) in [6, 6.07) is 9.32. The molecule has 0 bridgehead atoms. The number of anilines is 1. The van der Waals surface area contributed by atoms with Gasteiger partial charge in [-0.25, -0.2) is 0 Å². The van der Waals surface area contributed by atoms with Crippen molar-refractivity contribution in [2.45, 2.75) is 39.3 Å². The van der Waals surface area contributed by atoms with Gasteiger partial charge in [0, 0.05) is 35.9 Å². The molecule has 1 saturated heterocycles. The number of nitrogens with zero attached hydrogens (tertiary/aromatic N) is 1. The molecule has 1 N–H and O–H groups in total. The van der Waals surface area contributed by atoms with E-state index in [1.165, 1.54) is 12.1 Å². The van der Waals surface area contributed by atoms with Gasteiger partial charge in [-0.05, 0) is 37.1 Å². The Morgan fingerprint density at radius 2 is 2.06 bits per heavy atom. The molecule has 3 heteroatoms. The highest BCUT2D eigenvalue weighted by molar-refractivity contribution is 6.30. The van der Waals surface area contributed by atoms with Crippen molar-refractivity contribution in [1.82, 2.24) is 5.32 Å². The minimum atomic E-state index is 0.534. The van der Waals surface area contributed by atoms with Crippen LogP contribution in [-0.2, 0) is 0 Å². The summed E-state index contributed by atoms with van der Waals surface area (Å²) in [5.74, 6) is 0.715. The third-order valence-electron chi connectivity index (χ3n) is 4.09. The summed E-state index contributed by atoms with van der Waals surface area (Å²) in [6.45, 7) is 8.99. The zero-order valence-corrected chi connectivity index (χ0v) is 12.2. The minimum absolute atomic E-state index is 0.534. The fourth-order valence-corrected chi connectivity index (χ4v) is 2.67. The number of benzene rings is 1. The quantitative estimate of drug-likeness (QED) is 0.900. The van der Waals surface area contributed by atoms with Crippen LogP contribution in [0.2, 0.25) is 5.02 Å². The first-order chi connectivity index (χ1) is 8.61. The molecular weight excluding hydrogens is 244 g/mol. The maximum absolute atomic E-state index is 5.96. The van der Waals surface area contributed by atoms with E-state index in [-0.39, 0.29) is 0 Å². The van der Waals surface area contributed by atoms with E-state index in [2.05, 4.69) is 43.1 Å². The molecule has 1 aromatic carbocycles. The standard InChI is InChI=1S/C15H23ClN2/c1-4-11(2)15-10-18(12(3)9-17-15)14-7-5-13(16)6-8-14/h5-8,11-12,15,17H,4,9-10H2,1-3H3. The Hall–Kier alpha value is -0.730. The van der Waals surface area contributed by atoms with Crippen molar-refractivity contribution in [3.8, 4) is 0 Å². The molecule has 18 heavy (non-hydrogen) atoms. The molecule has 1 aliphatic heterocycles. The molecule has 0 amide bonds. The van der Waals surface area contributed by atoms with E-state index in [1.54, 1.807) is 0 Å². The third-order valence-corrected chi connectivity index (χ3v) is 4.34. The van der Waals surface area contributed by atoms with Crippen molar-refractivity contribution in [3.05, 3.63) is 29.3 Å². The summed E-state index contributed by atoms with van der Waals surface area (Å²) < 4.78 is 0. The van der Waals surface area contributed by atoms with E-state index >= 15 is 0 Å². The molecule has 0 spiro atoms. The van der Waals surface area contributed by atoms with Crippen molar-refractivity contribution in [3.63, 3.8) is 0 Å². The Balaban J connectivity index is 2.12. The summed E-state index contributed by atoms with van der Waals surface area (Å²) >= 11 is 5.96. The van der Waals surface area contributed by atoms with E-state index < -0.39 is 0 Å². The van der Waals surface area contributed by atoms with Gasteiger partial charge in [0.1, 0.15) is 0 Å². The highest BCUT2D eigenvalue weighted by atomic mass is 35.5. The third kappa shape index (κ3) is 2.99. The Labute approximate surface area is 115 Å². The molecule has 1 aromatic rings. The number of hydrogen-bond donors (Lipinski definition) is 1.